The van der Waals surface area contributed by atoms with Crippen LogP contribution >= 0.6 is 11.6 Å². The lowest BCUT2D eigenvalue weighted by Crippen LogP contribution is -2.35. The zero-order valence-corrected chi connectivity index (χ0v) is 12.0. The molecule has 0 N–H and O–H groups in total. The van der Waals surface area contributed by atoms with E-state index in [1.165, 1.54) is 19.3 Å². The predicted octanol–water partition coefficient (Wildman–Crippen LogP) is 2.22. The number of hydrogen-bond donors (Lipinski definition) is 0. The van der Waals surface area contributed by atoms with Crippen LogP contribution < -0.4 is 9.80 Å². The minimum absolute atomic E-state index is 0.265. The Hall–Kier alpha value is -1.10. The van der Waals surface area contributed by atoms with Crippen LogP contribution in [0, 0.1) is 5.92 Å². The van der Waals surface area contributed by atoms with Crippen LogP contribution in [0.4, 0.5) is 11.9 Å². The van der Waals surface area contributed by atoms with Crippen molar-refractivity contribution in [1.29, 1.82) is 0 Å². The average Bonchev–Trinajstić information content (AvgIpc) is 2.38. The fraction of sp³-hybridized carbons (Fsp3) is 0.750. The van der Waals surface area contributed by atoms with Crippen LogP contribution in [0.15, 0.2) is 0 Å². The van der Waals surface area contributed by atoms with Crippen LogP contribution in [0.1, 0.15) is 26.2 Å². The van der Waals surface area contributed by atoms with Gasteiger partial charge < -0.3 is 9.80 Å². The summed E-state index contributed by atoms with van der Waals surface area (Å²) in [5, 5.41) is 0.265. The molecule has 1 aliphatic heterocycles. The summed E-state index contributed by atoms with van der Waals surface area (Å²) < 4.78 is 0. The molecule has 0 spiro atoms. The van der Waals surface area contributed by atoms with Gasteiger partial charge in [0.1, 0.15) is 0 Å². The topological polar surface area (TPSA) is 45.2 Å². The minimum atomic E-state index is 0.265. The van der Waals surface area contributed by atoms with Crippen molar-refractivity contribution >= 4 is 23.5 Å². The van der Waals surface area contributed by atoms with E-state index in [1.54, 1.807) is 0 Å². The first-order valence-corrected chi connectivity index (χ1v) is 6.81. The molecular formula is C12H20ClN5. The summed E-state index contributed by atoms with van der Waals surface area (Å²) >= 11 is 5.95. The Kier molecular flexibility index (Phi) is 4.22. The van der Waals surface area contributed by atoms with Crippen molar-refractivity contribution < 1.29 is 0 Å². The van der Waals surface area contributed by atoms with Gasteiger partial charge in [-0.3, -0.25) is 0 Å². The van der Waals surface area contributed by atoms with E-state index in [0.717, 1.165) is 19.0 Å². The maximum Gasteiger partial charge on any atom is 0.231 e. The Bertz CT molecular complexity index is 401. The quantitative estimate of drug-likeness (QED) is 0.842. The maximum atomic E-state index is 5.95. The largest absolute Gasteiger partial charge is 0.347 e. The molecule has 5 nitrogen and oxygen atoms in total. The summed E-state index contributed by atoms with van der Waals surface area (Å²) in [6.45, 7) is 4.27. The molecule has 1 fully saturated rings. The Morgan fingerprint density at radius 2 is 1.89 bits per heavy atom. The van der Waals surface area contributed by atoms with Crippen molar-refractivity contribution in [3.63, 3.8) is 0 Å². The zero-order valence-electron chi connectivity index (χ0n) is 11.2. The molecule has 100 valence electrons. The number of piperidine rings is 1. The van der Waals surface area contributed by atoms with Crippen molar-refractivity contribution in [3.05, 3.63) is 5.28 Å². The molecule has 2 rings (SSSR count). The Morgan fingerprint density at radius 1 is 1.22 bits per heavy atom. The van der Waals surface area contributed by atoms with E-state index in [-0.39, 0.29) is 5.28 Å². The summed E-state index contributed by atoms with van der Waals surface area (Å²) in [5.74, 6) is 2.16. The highest BCUT2D eigenvalue weighted by Gasteiger charge is 2.21. The average molecular weight is 270 g/mol. The molecule has 18 heavy (non-hydrogen) atoms. The minimum Gasteiger partial charge on any atom is -0.347 e. The standard InChI is InChI=1S/C12H20ClN5/c1-4-9-5-7-18(8-6-9)12-15-10(13)14-11(16-12)17(2)3/h9H,4-8H2,1-3H3. The van der Waals surface area contributed by atoms with Gasteiger partial charge in [0.25, 0.3) is 0 Å². The fourth-order valence-corrected chi connectivity index (χ4v) is 2.36. The number of hydrogen-bond acceptors (Lipinski definition) is 5. The van der Waals surface area contributed by atoms with Gasteiger partial charge in [0.15, 0.2) is 0 Å². The van der Waals surface area contributed by atoms with Crippen molar-refractivity contribution in [3.8, 4) is 0 Å². The van der Waals surface area contributed by atoms with Crippen molar-refractivity contribution in [1.82, 2.24) is 15.0 Å². The van der Waals surface area contributed by atoms with Gasteiger partial charge in [-0.05, 0) is 30.4 Å². The van der Waals surface area contributed by atoms with E-state index in [1.807, 2.05) is 19.0 Å². The van der Waals surface area contributed by atoms with Gasteiger partial charge in [-0.25, -0.2) is 0 Å². The molecule has 1 aliphatic rings. The Labute approximate surface area is 113 Å². The first-order chi connectivity index (χ1) is 8.60. The monoisotopic (exact) mass is 269 g/mol. The molecule has 0 bridgehead atoms. The molecule has 2 heterocycles. The van der Waals surface area contributed by atoms with E-state index < -0.39 is 0 Å². The van der Waals surface area contributed by atoms with Gasteiger partial charge in [0.2, 0.25) is 17.2 Å². The molecule has 1 saturated heterocycles. The molecule has 6 heteroatoms. The van der Waals surface area contributed by atoms with Crippen LogP contribution in [0.5, 0.6) is 0 Å². The molecule has 0 aromatic carbocycles. The molecule has 1 aromatic rings. The summed E-state index contributed by atoms with van der Waals surface area (Å²) in [6.07, 6.45) is 3.67. The normalized spacial score (nSPS) is 17.0. The van der Waals surface area contributed by atoms with Gasteiger partial charge in [0, 0.05) is 27.2 Å². The summed E-state index contributed by atoms with van der Waals surface area (Å²) in [5.41, 5.74) is 0. The summed E-state index contributed by atoms with van der Waals surface area (Å²) in [6, 6.07) is 0. The number of aromatic nitrogens is 3. The van der Waals surface area contributed by atoms with Crippen LogP contribution in [-0.2, 0) is 0 Å². The molecule has 0 saturated carbocycles. The molecule has 0 amide bonds. The smallest absolute Gasteiger partial charge is 0.231 e. The number of anilines is 2. The molecule has 0 atom stereocenters. The van der Waals surface area contributed by atoms with Crippen LogP contribution in [-0.4, -0.2) is 42.1 Å². The highest BCUT2D eigenvalue weighted by molar-refractivity contribution is 6.28. The first kappa shape index (κ1) is 13.3. The van der Waals surface area contributed by atoms with Gasteiger partial charge in [-0.15, -0.1) is 0 Å². The van der Waals surface area contributed by atoms with Gasteiger partial charge in [-0.2, -0.15) is 15.0 Å². The second-order valence-electron chi connectivity index (χ2n) is 4.94. The summed E-state index contributed by atoms with van der Waals surface area (Å²) in [4.78, 5) is 16.8. The molecule has 0 radical (unpaired) electrons. The lowest BCUT2D eigenvalue weighted by Gasteiger charge is -2.31. The molecule has 0 aliphatic carbocycles. The lowest BCUT2D eigenvalue weighted by atomic mass is 9.95. The predicted molar refractivity (Wildman–Crippen MR) is 74.4 cm³/mol. The maximum absolute atomic E-state index is 5.95. The summed E-state index contributed by atoms with van der Waals surface area (Å²) in [7, 11) is 3.80. The van der Waals surface area contributed by atoms with Gasteiger partial charge in [0.05, 0.1) is 0 Å². The first-order valence-electron chi connectivity index (χ1n) is 6.44. The zero-order chi connectivity index (χ0) is 13.1. The van der Waals surface area contributed by atoms with Crippen LogP contribution in [0.2, 0.25) is 5.28 Å². The van der Waals surface area contributed by atoms with Crippen LogP contribution in [0.3, 0.4) is 0 Å². The van der Waals surface area contributed by atoms with E-state index >= 15 is 0 Å². The number of halogens is 1. The molecule has 0 unspecified atom stereocenters. The van der Waals surface area contributed by atoms with E-state index in [2.05, 4.69) is 26.8 Å². The van der Waals surface area contributed by atoms with Crippen molar-refractivity contribution in [2.75, 3.05) is 37.0 Å². The third-order valence-corrected chi connectivity index (χ3v) is 3.63. The second-order valence-corrected chi connectivity index (χ2v) is 5.28. The third-order valence-electron chi connectivity index (χ3n) is 3.46. The number of nitrogens with zero attached hydrogens (tertiary/aromatic N) is 5. The van der Waals surface area contributed by atoms with Crippen molar-refractivity contribution in [2.45, 2.75) is 26.2 Å². The van der Waals surface area contributed by atoms with Gasteiger partial charge >= 0.3 is 0 Å². The van der Waals surface area contributed by atoms with Crippen molar-refractivity contribution in [2.24, 2.45) is 5.92 Å². The highest BCUT2D eigenvalue weighted by atomic mass is 35.5. The molecule has 1 aromatic heterocycles. The Morgan fingerprint density at radius 3 is 2.44 bits per heavy atom. The Balaban J connectivity index is 2.13. The van der Waals surface area contributed by atoms with E-state index in [0.29, 0.717) is 11.9 Å². The van der Waals surface area contributed by atoms with Gasteiger partial charge in [-0.1, -0.05) is 13.3 Å². The van der Waals surface area contributed by atoms with E-state index in [9.17, 15) is 0 Å². The van der Waals surface area contributed by atoms with E-state index in [4.69, 9.17) is 11.6 Å². The lowest BCUT2D eigenvalue weighted by molar-refractivity contribution is 0.392. The molecular weight excluding hydrogens is 250 g/mol. The number of rotatable bonds is 3. The fourth-order valence-electron chi connectivity index (χ4n) is 2.21. The van der Waals surface area contributed by atoms with Crippen LogP contribution in [0.25, 0.3) is 0 Å². The third kappa shape index (κ3) is 3.02. The SMILES string of the molecule is CCC1CCN(c2nc(Cl)nc(N(C)C)n2)CC1. The second kappa shape index (κ2) is 5.69. The highest BCUT2D eigenvalue weighted by Crippen LogP contribution is 2.24.